The molecule has 94 valence electrons. The summed E-state index contributed by atoms with van der Waals surface area (Å²) in [7, 11) is 0. The Labute approximate surface area is 116 Å². The average Bonchev–Trinajstić information content (AvgIpc) is 2.46. The SMILES string of the molecule is Nc1cc2ccccc2nc1-c1ccccc1CCl. The van der Waals surface area contributed by atoms with Crippen LogP contribution in [0, 0.1) is 0 Å². The van der Waals surface area contributed by atoms with E-state index in [2.05, 4.69) is 4.98 Å². The molecule has 0 aliphatic rings. The van der Waals surface area contributed by atoms with Gasteiger partial charge in [-0.3, -0.25) is 0 Å². The van der Waals surface area contributed by atoms with Gasteiger partial charge in [-0.25, -0.2) is 4.98 Å². The fraction of sp³-hybridized carbons (Fsp3) is 0.0625. The summed E-state index contributed by atoms with van der Waals surface area (Å²) < 4.78 is 0. The highest BCUT2D eigenvalue weighted by Gasteiger charge is 2.10. The van der Waals surface area contributed by atoms with Crippen LogP contribution >= 0.6 is 11.6 Å². The Morgan fingerprint density at radius 3 is 2.58 bits per heavy atom. The lowest BCUT2D eigenvalue weighted by atomic mass is 10.0. The summed E-state index contributed by atoms with van der Waals surface area (Å²) in [6.45, 7) is 0. The Morgan fingerprint density at radius 2 is 1.74 bits per heavy atom. The molecule has 0 saturated carbocycles. The maximum absolute atomic E-state index is 6.14. The van der Waals surface area contributed by atoms with Gasteiger partial charge in [0.1, 0.15) is 0 Å². The molecule has 0 aliphatic carbocycles. The largest absolute Gasteiger partial charge is 0.397 e. The van der Waals surface area contributed by atoms with Gasteiger partial charge in [-0.2, -0.15) is 0 Å². The molecule has 2 aromatic carbocycles. The van der Waals surface area contributed by atoms with Gasteiger partial charge in [0.15, 0.2) is 0 Å². The molecule has 3 heteroatoms. The lowest BCUT2D eigenvalue weighted by Crippen LogP contribution is -1.96. The Morgan fingerprint density at radius 1 is 1.00 bits per heavy atom. The highest BCUT2D eigenvalue weighted by molar-refractivity contribution is 6.17. The van der Waals surface area contributed by atoms with Gasteiger partial charge in [0, 0.05) is 16.8 Å². The van der Waals surface area contributed by atoms with Crippen LogP contribution < -0.4 is 5.73 Å². The lowest BCUT2D eigenvalue weighted by Gasteiger charge is -2.10. The Balaban J connectivity index is 2.27. The fourth-order valence-corrected chi connectivity index (χ4v) is 2.45. The van der Waals surface area contributed by atoms with Crippen LogP contribution in [0.2, 0.25) is 0 Å². The highest BCUT2D eigenvalue weighted by Crippen LogP contribution is 2.30. The Bertz CT molecular complexity index is 738. The number of anilines is 1. The second-order valence-electron chi connectivity index (χ2n) is 4.41. The van der Waals surface area contributed by atoms with Gasteiger partial charge in [-0.15, -0.1) is 11.6 Å². The molecular weight excluding hydrogens is 256 g/mol. The van der Waals surface area contributed by atoms with Crippen LogP contribution in [-0.2, 0) is 5.88 Å². The Hall–Kier alpha value is -2.06. The first-order valence-corrected chi connectivity index (χ1v) is 6.62. The topological polar surface area (TPSA) is 38.9 Å². The number of nitrogen functional groups attached to an aromatic ring is 1. The van der Waals surface area contributed by atoms with Crippen molar-refractivity contribution >= 4 is 28.2 Å². The van der Waals surface area contributed by atoms with E-state index in [1.54, 1.807) is 0 Å². The van der Waals surface area contributed by atoms with E-state index in [4.69, 9.17) is 17.3 Å². The number of fused-ring (bicyclic) bond motifs is 1. The van der Waals surface area contributed by atoms with Crippen molar-refractivity contribution in [1.82, 2.24) is 4.98 Å². The van der Waals surface area contributed by atoms with E-state index in [9.17, 15) is 0 Å². The number of rotatable bonds is 2. The van der Waals surface area contributed by atoms with E-state index in [-0.39, 0.29) is 0 Å². The first kappa shape index (κ1) is 12.0. The molecule has 2 nitrogen and oxygen atoms in total. The molecule has 0 saturated heterocycles. The molecule has 1 aromatic heterocycles. The molecule has 0 amide bonds. The van der Waals surface area contributed by atoms with E-state index in [0.29, 0.717) is 11.6 Å². The molecule has 3 aromatic rings. The van der Waals surface area contributed by atoms with Crippen molar-refractivity contribution in [3.63, 3.8) is 0 Å². The predicted octanol–water partition coefficient (Wildman–Crippen LogP) is 4.22. The van der Waals surface area contributed by atoms with Gasteiger partial charge in [-0.1, -0.05) is 42.5 Å². The van der Waals surface area contributed by atoms with E-state index in [0.717, 1.165) is 27.7 Å². The number of aromatic nitrogens is 1. The average molecular weight is 269 g/mol. The van der Waals surface area contributed by atoms with Crippen LogP contribution in [0.3, 0.4) is 0 Å². The number of nitrogens with two attached hydrogens (primary N) is 1. The summed E-state index contributed by atoms with van der Waals surface area (Å²) in [6.07, 6.45) is 0. The number of benzene rings is 2. The van der Waals surface area contributed by atoms with E-state index in [1.807, 2.05) is 54.6 Å². The monoisotopic (exact) mass is 268 g/mol. The van der Waals surface area contributed by atoms with Crippen molar-refractivity contribution < 1.29 is 0 Å². The second-order valence-corrected chi connectivity index (χ2v) is 4.68. The summed E-state index contributed by atoms with van der Waals surface area (Å²) in [6, 6.07) is 17.9. The minimum Gasteiger partial charge on any atom is -0.397 e. The first-order chi connectivity index (χ1) is 9.29. The molecule has 19 heavy (non-hydrogen) atoms. The maximum Gasteiger partial charge on any atom is 0.0942 e. The van der Waals surface area contributed by atoms with Gasteiger partial charge in [0.2, 0.25) is 0 Å². The van der Waals surface area contributed by atoms with Crippen LogP contribution in [0.15, 0.2) is 54.6 Å². The lowest BCUT2D eigenvalue weighted by molar-refractivity contribution is 1.34. The third-order valence-corrected chi connectivity index (χ3v) is 3.46. The smallest absolute Gasteiger partial charge is 0.0942 e. The van der Waals surface area contributed by atoms with Crippen LogP contribution in [-0.4, -0.2) is 4.98 Å². The van der Waals surface area contributed by atoms with Gasteiger partial charge >= 0.3 is 0 Å². The molecule has 2 N–H and O–H groups in total. The number of alkyl halides is 1. The number of hydrogen-bond donors (Lipinski definition) is 1. The zero-order valence-corrected chi connectivity index (χ0v) is 11.1. The van der Waals surface area contributed by atoms with E-state index < -0.39 is 0 Å². The Kier molecular flexibility index (Phi) is 3.10. The molecule has 0 fully saturated rings. The molecule has 0 spiro atoms. The summed E-state index contributed by atoms with van der Waals surface area (Å²) in [4.78, 5) is 4.67. The minimum atomic E-state index is 0.449. The molecule has 1 heterocycles. The molecular formula is C16H13ClN2. The van der Waals surface area contributed by atoms with Crippen molar-refractivity contribution in [1.29, 1.82) is 0 Å². The fourth-order valence-electron chi connectivity index (χ4n) is 2.22. The van der Waals surface area contributed by atoms with Gasteiger partial charge in [0.05, 0.1) is 16.9 Å². The van der Waals surface area contributed by atoms with Crippen LogP contribution in [0.4, 0.5) is 5.69 Å². The number of nitrogens with zero attached hydrogens (tertiary/aromatic N) is 1. The summed E-state index contributed by atoms with van der Waals surface area (Å²) in [5.41, 5.74) is 10.6. The summed E-state index contributed by atoms with van der Waals surface area (Å²) in [5.74, 6) is 0.449. The van der Waals surface area contributed by atoms with Crippen molar-refractivity contribution in [2.45, 2.75) is 5.88 Å². The first-order valence-electron chi connectivity index (χ1n) is 6.09. The van der Waals surface area contributed by atoms with Crippen molar-refractivity contribution in [2.24, 2.45) is 0 Å². The molecule has 0 unspecified atom stereocenters. The number of para-hydroxylation sites is 1. The third-order valence-electron chi connectivity index (χ3n) is 3.17. The van der Waals surface area contributed by atoms with Crippen LogP contribution in [0.25, 0.3) is 22.2 Å². The molecule has 0 atom stereocenters. The number of halogens is 1. The van der Waals surface area contributed by atoms with Gasteiger partial charge < -0.3 is 5.73 Å². The molecule has 0 bridgehead atoms. The van der Waals surface area contributed by atoms with E-state index in [1.165, 1.54) is 0 Å². The number of pyridine rings is 1. The molecule has 0 radical (unpaired) electrons. The molecule has 3 rings (SSSR count). The standard InChI is InChI=1S/C16H13ClN2/c17-10-12-6-1-3-7-13(12)16-14(18)9-11-5-2-4-8-15(11)19-16/h1-9H,10,18H2. The highest BCUT2D eigenvalue weighted by atomic mass is 35.5. The van der Waals surface area contributed by atoms with Crippen LogP contribution in [0.5, 0.6) is 0 Å². The van der Waals surface area contributed by atoms with Crippen molar-refractivity contribution in [3.05, 3.63) is 60.2 Å². The molecule has 0 aliphatic heterocycles. The number of hydrogen-bond acceptors (Lipinski definition) is 2. The summed E-state index contributed by atoms with van der Waals surface area (Å²) in [5, 5.41) is 1.05. The second kappa shape index (κ2) is 4.90. The van der Waals surface area contributed by atoms with Gasteiger partial charge in [0.25, 0.3) is 0 Å². The zero-order valence-electron chi connectivity index (χ0n) is 10.3. The summed E-state index contributed by atoms with van der Waals surface area (Å²) >= 11 is 5.98. The van der Waals surface area contributed by atoms with Crippen molar-refractivity contribution in [2.75, 3.05) is 5.73 Å². The van der Waals surface area contributed by atoms with Crippen LogP contribution in [0.1, 0.15) is 5.56 Å². The maximum atomic E-state index is 6.14. The van der Waals surface area contributed by atoms with Crippen molar-refractivity contribution in [3.8, 4) is 11.3 Å². The third kappa shape index (κ3) is 2.15. The van der Waals surface area contributed by atoms with Gasteiger partial charge in [-0.05, 0) is 17.7 Å². The zero-order chi connectivity index (χ0) is 13.2. The quantitative estimate of drug-likeness (QED) is 0.707. The minimum absolute atomic E-state index is 0.449. The normalized spacial score (nSPS) is 10.8. The van der Waals surface area contributed by atoms with E-state index >= 15 is 0 Å². The predicted molar refractivity (Wildman–Crippen MR) is 81.1 cm³/mol.